The molecule has 29 heavy (non-hydrogen) atoms. The van der Waals surface area contributed by atoms with E-state index < -0.39 is 0 Å². The van der Waals surface area contributed by atoms with Crippen molar-refractivity contribution in [2.45, 2.75) is 11.3 Å². The van der Waals surface area contributed by atoms with Crippen molar-refractivity contribution in [3.63, 3.8) is 0 Å². The molecule has 0 unspecified atom stereocenters. The largest absolute Gasteiger partial charge is 0.510 e. The number of hydrogen-bond acceptors (Lipinski definition) is 8. The number of rotatable bonds is 6. The van der Waals surface area contributed by atoms with Gasteiger partial charge in [-0.1, -0.05) is 52.9 Å². The Hall–Kier alpha value is -3.35. The van der Waals surface area contributed by atoms with Gasteiger partial charge in [-0.25, -0.2) is 4.98 Å². The van der Waals surface area contributed by atoms with Crippen LogP contribution >= 0.6 is 23.1 Å². The van der Waals surface area contributed by atoms with Crippen molar-refractivity contribution in [1.82, 2.24) is 20.2 Å². The third-order valence-corrected chi connectivity index (χ3v) is 6.05. The van der Waals surface area contributed by atoms with Crippen LogP contribution in [0.25, 0.3) is 16.6 Å². The zero-order chi connectivity index (χ0) is 20.2. The Balaban J connectivity index is 1.45. The molecule has 3 N–H and O–H groups in total. The summed E-state index contributed by atoms with van der Waals surface area (Å²) in [7, 11) is 0. The van der Waals surface area contributed by atoms with Gasteiger partial charge in [-0.2, -0.15) is 5.26 Å². The van der Waals surface area contributed by atoms with E-state index in [1.54, 1.807) is 0 Å². The number of H-pyrrole nitrogens is 1. The summed E-state index contributed by atoms with van der Waals surface area (Å²) < 4.78 is 0.688. The molecular weight excluding hydrogens is 404 g/mol. The van der Waals surface area contributed by atoms with Gasteiger partial charge in [0.25, 0.3) is 0 Å². The van der Waals surface area contributed by atoms with Crippen molar-refractivity contribution in [2.24, 2.45) is 0 Å². The van der Waals surface area contributed by atoms with Crippen molar-refractivity contribution >= 4 is 50.5 Å². The Morgan fingerprint density at radius 3 is 2.76 bits per heavy atom. The molecule has 2 aromatic carbocycles. The minimum Gasteiger partial charge on any atom is -0.510 e. The summed E-state index contributed by atoms with van der Waals surface area (Å²) in [6, 6.07) is 17.5. The van der Waals surface area contributed by atoms with Gasteiger partial charge in [-0.15, -0.1) is 10.2 Å². The second-order valence-electron chi connectivity index (χ2n) is 6.19. The highest BCUT2D eigenvalue weighted by molar-refractivity contribution is 8.01. The van der Waals surface area contributed by atoms with Crippen LogP contribution in [0.15, 0.2) is 58.6 Å². The molecule has 4 aromatic rings. The Bertz CT molecular complexity index is 1190. The summed E-state index contributed by atoms with van der Waals surface area (Å²) >= 11 is 2.69. The number of aromatic amines is 1. The summed E-state index contributed by atoms with van der Waals surface area (Å²) in [4.78, 5) is 7.44. The number of aliphatic hydroxyl groups excluding tert-OH is 1. The average Bonchev–Trinajstić information content (AvgIpc) is 3.35. The summed E-state index contributed by atoms with van der Waals surface area (Å²) in [5.41, 5.74) is 3.79. The van der Waals surface area contributed by atoms with Gasteiger partial charge in [0, 0.05) is 5.69 Å². The second kappa shape index (κ2) is 8.34. The molecule has 0 aliphatic rings. The lowest BCUT2D eigenvalue weighted by molar-refractivity contribution is 0.420. The number of benzene rings is 2. The molecule has 7 nitrogen and oxygen atoms in total. The van der Waals surface area contributed by atoms with E-state index in [-0.39, 0.29) is 17.1 Å². The standard InChI is InChI=1S/C20H16N6OS2/c1-12-6-8-13(9-7-12)22-19-25-26-20(29-19)28-11-17(27)14(10-21)18-23-15-4-2-3-5-16(15)24-18/h2-9,27H,11H2,1H3,(H,22,25)(H,23,24)/b17-14-. The molecule has 0 saturated carbocycles. The van der Waals surface area contributed by atoms with Crippen molar-refractivity contribution in [1.29, 1.82) is 5.26 Å². The third kappa shape index (κ3) is 4.39. The van der Waals surface area contributed by atoms with Crippen molar-refractivity contribution in [3.8, 4) is 6.07 Å². The number of nitrogens with one attached hydrogen (secondary N) is 2. The van der Waals surface area contributed by atoms with E-state index >= 15 is 0 Å². The summed E-state index contributed by atoms with van der Waals surface area (Å²) in [6.45, 7) is 2.03. The van der Waals surface area contributed by atoms with E-state index in [9.17, 15) is 10.4 Å². The fraction of sp³-hybridized carbons (Fsp3) is 0.100. The van der Waals surface area contributed by atoms with Crippen LogP contribution in [-0.4, -0.2) is 31.0 Å². The first-order valence-electron chi connectivity index (χ1n) is 8.69. The van der Waals surface area contributed by atoms with Gasteiger partial charge in [0.1, 0.15) is 17.4 Å². The van der Waals surface area contributed by atoms with E-state index in [0.717, 1.165) is 16.7 Å². The first-order valence-corrected chi connectivity index (χ1v) is 10.5. The predicted molar refractivity (Wildman–Crippen MR) is 116 cm³/mol. The van der Waals surface area contributed by atoms with E-state index in [4.69, 9.17) is 0 Å². The first kappa shape index (κ1) is 19.0. The maximum absolute atomic E-state index is 10.4. The second-order valence-corrected chi connectivity index (χ2v) is 8.39. The number of anilines is 2. The number of allylic oxidation sites excluding steroid dienone is 1. The number of aliphatic hydroxyl groups is 1. The van der Waals surface area contributed by atoms with Crippen LogP contribution in [0.2, 0.25) is 0 Å². The SMILES string of the molecule is Cc1ccc(Nc2nnc(SC/C(O)=C(\C#N)c3nc4ccccc4[nH]3)s2)cc1. The van der Waals surface area contributed by atoms with E-state index in [1.807, 2.05) is 61.5 Å². The van der Waals surface area contributed by atoms with Crippen molar-refractivity contribution in [2.75, 3.05) is 11.1 Å². The smallest absolute Gasteiger partial charge is 0.210 e. The Labute approximate surface area is 175 Å². The molecule has 0 aliphatic heterocycles. The van der Waals surface area contributed by atoms with Crippen LogP contribution in [0.5, 0.6) is 0 Å². The molecule has 9 heteroatoms. The molecule has 2 aromatic heterocycles. The lowest BCUT2D eigenvalue weighted by Gasteiger charge is -2.01. The molecule has 0 aliphatic carbocycles. The molecule has 0 fully saturated rings. The van der Waals surface area contributed by atoms with Gasteiger partial charge in [0.2, 0.25) is 5.13 Å². The average molecular weight is 421 g/mol. The molecule has 2 heterocycles. The van der Waals surface area contributed by atoms with Gasteiger partial charge < -0.3 is 15.4 Å². The van der Waals surface area contributed by atoms with Crippen LogP contribution in [0.3, 0.4) is 0 Å². The topological polar surface area (TPSA) is 111 Å². The lowest BCUT2D eigenvalue weighted by Crippen LogP contribution is -1.95. The monoisotopic (exact) mass is 420 g/mol. The van der Waals surface area contributed by atoms with Gasteiger partial charge in [0.15, 0.2) is 10.2 Å². The maximum Gasteiger partial charge on any atom is 0.210 e. The van der Waals surface area contributed by atoms with Crippen LogP contribution in [-0.2, 0) is 0 Å². The number of para-hydroxylation sites is 2. The van der Waals surface area contributed by atoms with E-state index in [0.29, 0.717) is 15.3 Å². The lowest BCUT2D eigenvalue weighted by atomic mass is 10.2. The number of aromatic nitrogens is 4. The molecule has 144 valence electrons. The quantitative estimate of drug-likeness (QED) is 0.227. The third-order valence-electron chi connectivity index (χ3n) is 4.07. The minimum atomic E-state index is -0.0557. The number of thioether (sulfide) groups is 1. The molecule has 4 rings (SSSR count). The van der Waals surface area contributed by atoms with Gasteiger partial charge in [-0.05, 0) is 31.2 Å². The zero-order valence-electron chi connectivity index (χ0n) is 15.4. The van der Waals surface area contributed by atoms with Crippen LogP contribution in [0, 0.1) is 18.3 Å². The number of nitriles is 1. The maximum atomic E-state index is 10.4. The fourth-order valence-electron chi connectivity index (χ4n) is 2.61. The van der Waals surface area contributed by atoms with Gasteiger partial charge in [-0.3, -0.25) is 0 Å². The minimum absolute atomic E-state index is 0.0557. The predicted octanol–water partition coefficient (Wildman–Crippen LogP) is 5.05. The van der Waals surface area contributed by atoms with E-state index in [2.05, 4.69) is 25.5 Å². The van der Waals surface area contributed by atoms with Gasteiger partial charge in [0.05, 0.1) is 16.8 Å². The highest BCUT2D eigenvalue weighted by Gasteiger charge is 2.14. The number of hydrogen-bond donors (Lipinski definition) is 3. The summed E-state index contributed by atoms with van der Waals surface area (Å²) in [6.07, 6.45) is 0. The number of nitrogens with zero attached hydrogens (tertiary/aromatic N) is 4. The molecule has 0 atom stereocenters. The summed E-state index contributed by atoms with van der Waals surface area (Å²) in [5, 5.41) is 32.0. The number of aryl methyl sites for hydroxylation is 1. The normalized spacial score (nSPS) is 11.9. The molecule has 0 radical (unpaired) electrons. The van der Waals surface area contributed by atoms with Crippen LogP contribution < -0.4 is 5.32 Å². The van der Waals surface area contributed by atoms with Gasteiger partial charge >= 0.3 is 0 Å². The summed E-state index contributed by atoms with van der Waals surface area (Å²) in [5.74, 6) is 0.490. The highest BCUT2D eigenvalue weighted by Crippen LogP contribution is 2.30. The van der Waals surface area contributed by atoms with E-state index in [1.165, 1.54) is 28.7 Å². The Morgan fingerprint density at radius 2 is 2.00 bits per heavy atom. The number of imidazole rings is 1. The molecule has 0 spiro atoms. The molecule has 0 amide bonds. The van der Waals surface area contributed by atoms with Crippen LogP contribution in [0.1, 0.15) is 11.4 Å². The molecule has 0 saturated heterocycles. The zero-order valence-corrected chi connectivity index (χ0v) is 17.0. The number of fused-ring (bicyclic) bond motifs is 1. The van der Waals surface area contributed by atoms with Crippen molar-refractivity contribution in [3.05, 3.63) is 65.7 Å². The first-order chi connectivity index (χ1) is 14.1. The highest BCUT2D eigenvalue weighted by atomic mass is 32.2. The molecule has 0 bridgehead atoms. The Morgan fingerprint density at radius 1 is 1.21 bits per heavy atom. The fourth-order valence-corrected chi connectivity index (χ4v) is 4.26. The Kier molecular flexibility index (Phi) is 5.46. The van der Waals surface area contributed by atoms with Crippen molar-refractivity contribution < 1.29 is 5.11 Å². The van der Waals surface area contributed by atoms with Crippen LogP contribution in [0.4, 0.5) is 10.8 Å². The molecular formula is C20H16N6OS2.